The Morgan fingerprint density at radius 3 is 2.50 bits per heavy atom. The van der Waals surface area contributed by atoms with Gasteiger partial charge in [-0.2, -0.15) is 5.10 Å². The summed E-state index contributed by atoms with van der Waals surface area (Å²) >= 11 is 0. The molecule has 1 aromatic heterocycles. The third-order valence-electron chi connectivity index (χ3n) is 5.39. The van der Waals surface area contributed by atoms with E-state index in [2.05, 4.69) is 37.0 Å². The number of hydrogen-bond acceptors (Lipinski definition) is 2. The minimum Gasteiger partial charge on any atom is -0.339 e. The molecule has 0 aliphatic carbocycles. The predicted molar refractivity (Wildman–Crippen MR) is 96.5 cm³/mol. The predicted octanol–water partition coefficient (Wildman–Crippen LogP) is 3.92. The van der Waals surface area contributed by atoms with Crippen LogP contribution in [0, 0.1) is 20.8 Å². The number of piperidine rings is 1. The largest absolute Gasteiger partial charge is 0.339 e. The molecule has 2 heterocycles. The molecule has 4 heteroatoms. The zero-order valence-corrected chi connectivity index (χ0v) is 15.1. The monoisotopic (exact) mass is 325 g/mol. The second kappa shape index (κ2) is 6.80. The highest BCUT2D eigenvalue weighted by Gasteiger charge is 2.27. The van der Waals surface area contributed by atoms with Crippen LogP contribution in [0.4, 0.5) is 0 Å². The number of H-pyrrole nitrogens is 1. The van der Waals surface area contributed by atoms with E-state index < -0.39 is 0 Å². The average Bonchev–Trinajstić information content (AvgIpc) is 3.06. The Kier molecular flexibility index (Phi) is 4.74. The van der Waals surface area contributed by atoms with Crippen molar-refractivity contribution < 1.29 is 4.79 Å². The van der Waals surface area contributed by atoms with Crippen LogP contribution in [0.1, 0.15) is 64.0 Å². The van der Waals surface area contributed by atoms with E-state index in [1.165, 1.54) is 22.4 Å². The molecule has 24 heavy (non-hydrogen) atoms. The molecule has 1 N–H and O–H groups in total. The summed E-state index contributed by atoms with van der Waals surface area (Å²) in [7, 11) is 0. The highest BCUT2D eigenvalue weighted by atomic mass is 16.2. The van der Waals surface area contributed by atoms with E-state index in [1.807, 2.05) is 24.1 Å². The summed E-state index contributed by atoms with van der Waals surface area (Å²) in [6.07, 6.45) is 4.95. The summed E-state index contributed by atoms with van der Waals surface area (Å²) in [5, 5.41) is 7.37. The van der Waals surface area contributed by atoms with Gasteiger partial charge in [-0.25, -0.2) is 0 Å². The zero-order valence-electron chi connectivity index (χ0n) is 15.1. The Hall–Kier alpha value is -2.10. The van der Waals surface area contributed by atoms with Gasteiger partial charge in [0.15, 0.2) is 0 Å². The quantitative estimate of drug-likeness (QED) is 0.930. The van der Waals surface area contributed by atoms with Gasteiger partial charge < -0.3 is 4.90 Å². The Morgan fingerprint density at radius 1 is 1.17 bits per heavy atom. The highest BCUT2D eigenvalue weighted by molar-refractivity contribution is 5.96. The summed E-state index contributed by atoms with van der Waals surface area (Å²) in [4.78, 5) is 14.9. The van der Waals surface area contributed by atoms with E-state index in [4.69, 9.17) is 0 Å². The second-order valence-corrected chi connectivity index (χ2v) is 6.98. The smallest absolute Gasteiger partial charge is 0.254 e. The van der Waals surface area contributed by atoms with E-state index in [0.717, 1.165) is 43.5 Å². The molecule has 1 aromatic carbocycles. The Morgan fingerprint density at radius 2 is 1.83 bits per heavy atom. The van der Waals surface area contributed by atoms with E-state index in [0.29, 0.717) is 5.92 Å². The summed E-state index contributed by atoms with van der Waals surface area (Å²) in [6, 6.07) is 4.16. The minimum absolute atomic E-state index is 0.175. The van der Waals surface area contributed by atoms with Gasteiger partial charge in [-0.15, -0.1) is 0 Å². The molecule has 2 aromatic rings. The molecule has 4 nitrogen and oxygen atoms in total. The maximum Gasteiger partial charge on any atom is 0.254 e. The molecule has 0 atom stereocenters. The molecular weight excluding hydrogens is 298 g/mol. The van der Waals surface area contributed by atoms with Gasteiger partial charge in [0.1, 0.15) is 0 Å². The molecule has 0 unspecified atom stereocenters. The van der Waals surface area contributed by atoms with Crippen LogP contribution in [0.15, 0.2) is 18.3 Å². The second-order valence-electron chi connectivity index (χ2n) is 6.98. The van der Waals surface area contributed by atoms with Crippen molar-refractivity contribution in [1.29, 1.82) is 0 Å². The number of nitrogens with one attached hydrogen (secondary N) is 1. The van der Waals surface area contributed by atoms with Crippen LogP contribution in [-0.2, 0) is 6.42 Å². The van der Waals surface area contributed by atoms with Crippen molar-refractivity contribution in [2.75, 3.05) is 13.1 Å². The maximum absolute atomic E-state index is 12.9. The average molecular weight is 325 g/mol. The van der Waals surface area contributed by atoms with Gasteiger partial charge in [-0.05, 0) is 68.4 Å². The molecule has 0 bridgehead atoms. The van der Waals surface area contributed by atoms with E-state index in [-0.39, 0.29) is 5.91 Å². The molecular formula is C20H27N3O. The number of carbonyl (C=O) groups is 1. The van der Waals surface area contributed by atoms with Crippen molar-refractivity contribution in [3.05, 3.63) is 51.8 Å². The Bertz CT molecular complexity index is 739. The molecule has 1 fully saturated rings. The zero-order chi connectivity index (χ0) is 17.3. The first-order valence-corrected chi connectivity index (χ1v) is 8.90. The number of nitrogens with zero attached hydrogens (tertiary/aromatic N) is 2. The number of carbonyl (C=O) groups excluding carboxylic acids is 1. The van der Waals surface area contributed by atoms with E-state index in [1.54, 1.807) is 0 Å². The fourth-order valence-corrected chi connectivity index (χ4v) is 3.69. The summed E-state index contributed by atoms with van der Waals surface area (Å²) in [5.74, 6) is 0.668. The number of aromatic amines is 1. The van der Waals surface area contributed by atoms with Gasteiger partial charge in [0.2, 0.25) is 0 Å². The highest BCUT2D eigenvalue weighted by Crippen LogP contribution is 2.30. The van der Waals surface area contributed by atoms with Crippen LogP contribution >= 0.6 is 0 Å². The molecule has 1 amide bonds. The molecule has 3 rings (SSSR count). The van der Waals surface area contributed by atoms with Crippen molar-refractivity contribution in [3.8, 4) is 0 Å². The number of rotatable bonds is 3. The van der Waals surface area contributed by atoms with Crippen LogP contribution in [-0.4, -0.2) is 34.1 Å². The van der Waals surface area contributed by atoms with Crippen molar-refractivity contribution in [2.45, 2.75) is 52.9 Å². The lowest BCUT2D eigenvalue weighted by molar-refractivity contribution is 0.0711. The lowest BCUT2D eigenvalue weighted by Crippen LogP contribution is -2.38. The topological polar surface area (TPSA) is 49.0 Å². The first-order chi connectivity index (χ1) is 11.5. The number of aryl methyl sites for hydroxylation is 4. The lowest BCUT2D eigenvalue weighted by atomic mass is 9.90. The first-order valence-electron chi connectivity index (χ1n) is 8.90. The van der Waals surface area contributed by atoms with Crippen LogP contribution in [0.25, 0.3) is 0 Å². The van der Waals surface area contributed by atoms with Gasteiger partial charge >= 0.3 is 0 Å². The van der Waals surface area contributed by atoms with Crippen LogP contribution < -0.4 is 0 Å². The van der Waals surface area contributed by atoms with Crippen molar-refractivity contribution in [2.24, 2.45) is 0 Å². The van der Waals surface area contributed by atoms with Crippen LogP contribution in [0.3, 0.4) is 0 Å². The van der Waals surface area contributed by atoms with Crippen molar-refractivity contribution in [3.63, 3.8) is 0 Å². The Labute approximate surface area is 144 Å². The van der Waals surface area contributed by atoms with Gasteiger partial charge in [0, 0.05) is 30.3 Å². The SMILES string of the molecule is CCc1cn[nH]c1C1CCN(C(=O)c2cc(C)c(C)cc2C)CC1. The molecule has 0 spiro atoms. The minimum atomic E-state index is 0.175. The fourth-order valence-electron chi connectivity index (χ4n) is 3.69. The lowest BCUT2D eigenvalue weighted by Gasteiger charge is -2.32. The molecule has 0 saturated carbocycles. The van der Waals surface area contributed by atoms with Crippen molar-refractivity contribution in [1.82, 2.24) is 15.1 Å². The fraction of sp³-hybridized carbons (Fsp3) is 0.500. The van der Waals surface area contributed by atoms with E-state index >= 15 is 0 Å². The normalized spacial score (nSPS) is 15.8. The van der Waals surface area contributed by atoms with Gasteiger partial charge in [-0.1, -0.05) is 13.0 Å². The summed E-state index contributed by atoms with van der Waals surface area (Å²) in [5.41, 5.74) is 6.94. The number of hydrogen-bond donors (Lipinski definition) is 1. The molecule has 128 valence electrons. The molecule has 1 saturated heterocycles. The standard InChI is InChI=1S/C20H27N3O/c1-5-16-12-21-22-19(16)17-6-8-23(9-7-17)20(24)18-11-14(3)13(2)10-15(18)4/h10-12,17H,5-9H2,1-4H3,(H,21,22). The number of likely N-dealkylation sites (tertiary alicyclic amines) is 1. The maximum atomic E-state index is 12.9. The van der Waals surface area contributed by atoms with Gasteiger partial charge in [0.25, 0.3) is 5.91 Å². The third kappa shape index (κ3) is 3.10. The number of benzene rings is 1. The van der Waals surface area contributed by atoms with Gasteiger partial charge in [0.05, 0.1) is 6.20 Å². The molecule has 0 radical (unpaired) electrons. The summed E-state index contributed by atoms with van der Waals surface area (Å²) in [6.45, 7) is 10.00. The molecule has 1 aliphatic rings. The summed E-state index contributed by atoms with van der Waals surface area (Å²) < 4.78 is 0. The third-order valence-corrected chi connectivity index (χ3v) is 5.39. The number of aromatic nitrogens is 2. The van der Waals surface area contributed by atoms with Crippen LogP contribution in [0.2, 0.25) is 0 Å². The Balaban J connectivity index is 1.71. The molecule has 1 aliphatic heterocycles. The van der Waals surface area contributed by atoms with Crippen LogP contribution in [0.5, 0.6) is 0 Å². The van der Waals surface area contributed by atoms with E-state index in [9.17, 15) is 4.79 Å². The number of amides is 1. The van der Waals surface area contributed by atoms with Crippen molar-refractivity contribution >= 4 is 5.91 Å². The first kappa shape index (κ1) is 16.7. The van der Waals surface area contributed by atoms with Gasteiger partial charge in [-0.3, -0.25) is 9.89 Å².